The Labute approximate surface area is 176 Å². The molecule has 0 spiro atoms. The first-order valence-electron chi connectivity index (χ1n) is 9.81. The van der Waals surface area contributed by atoms with Crippen LogP contribution in [0.5, 0.6) is 5.75 Å². The van der Waals surface area contributed by atoms with Gasteiger partial charge in [-0.2, -0.15) is 0 Å². The molecule has 0 unspecified atom stereocenters. The number of ether oxygens (including phenoxy) is 3. The minimum atomic E-state index is -0.611. The van der Waals surface area contributed by atoms with Crippen molar-refractivity contribution in [2.45, 2.75) is 26.1 Å². The quantitative estimate of drug-likeness (QED) is 0.754. The molecule has 1 aliphatic rings. The summed E-state index contributed by atoms with van der Waals surface area (Å²) in [5, 5.41) is 5.36. The summed E-state index contributed by atoms with van der Waals surface area (Å²) < 4.78 is 15.9. The number of amides is 2. The van der Waals surface area contributed by atoms with Crippen molar-refractivity contribution in [3.8, 4) is 5.75 Å². The molecular formula is C22H27N3O5. The van der Waals surface area contributed by atoms with Crippen LogP contribution in [0.3, 0.4) is 0 Å². The van der Waals surface area contributed by atoms with E-state index in [1.54, 1.807) is 24.3 Å². The predicted molar refractivity (Wildman–Crippen MR) is 115 cm³/mol. The number of carbonyl (C=O) groups excluding carboxylic acids is 2. The van der Waals surface area contributed by atoms with Gasteiger partial charge in [0.1, 0.15) is 5.75 Å². The minimum Gasteiger partial charge on any atom is -0.482 e. The number of anilines is 3. The van der Waals surface area contributed by atoms with E-state index in [0.29, 0.717) is 17.1 Å². The van der Waals surface area contributed by atoms with Crippen LogP contribution in [0.25, 0.3) is 0 Å². The molecule has 8 heteroatoms. The molecule has 1 aliphatic heterocycles. The highest BCUT2D eigenvalue weighted by Crippen LogP contribution is 2.24. The van der Waals surface area contributed by atoms with Crippen LogP contribution in [0, 0.1) is 0 Å². The van der Waals surface area contributed by atoms with E-state index >= 15 is 0 Å². The Morgan fingerprint density at radius 1 is 1.03 bits per heavy atom. The maximum absolute atomic E-state index is 12.3. The summed E-state index contributed by atoms with van der Waals surface area (Å²) in [4.78, 5) is 26.0. The third-order valence-corrected chi connectivity index (χ3v) is 4.60. The van der Waals surface area contributed by atoms with Gasteiger partial charge in [0.2, 0.25) is 0 Å². The number of nitrogens with zero attached hydrogens (tertiary/aromatic N) is 1. The lowest BCUT2D eigenvalue weighted by atomic mass is 10.2. The molecule has 0 bridgehead atoms. The lowest BCUT2D eigenvalue weighted by molar-refractivity contribution is -0.118. The molecule has 2 aromatic carbocycles. The van der Waals surface area contributed by atoms with E-state index in [4.69, 9.17) is 9.47 Å². The van der Waals surface area contributed by atoms with Crippen molar-refractivity contribution in [1.82, 2.24) is 0 Å². The molecule has 1 saturated heterocycles. The Kier molecular flexibility index (Phi) is 7.13. The van der Waals surface area contributed by atoms with E-state index in [1.807, 2.05) is 24.3 Å². The molecule has 8 nitrogen and oxygen atoms in total. The van der Waals surface area contributed by atoms with Crippen molar-refractivity contribution in [2.75, 3.05) is 42.3 Å². The second-order valence-electron chi connectivity index (χ2n) is 7.16. The summed E-state index contributed by atoms with van der Waals surface area (Å²) in [5.74, 6) is 0.0770. The van der Waals surface area contributed by atoms with Gasteiger partial charge in [-0.25, -0.2) is 4.79 Å². The fraction of sp³-hybridized carbons (Fsp3) is 0.364. The van der Waals surface area contributed by atoms with Crippen LogP contribution in [-0.2, 0) is 14.3 Å². The van der Waals surface area contributed by atoms with Crippen LogP contribution in [0.2, 0.25) is 0 Å². The monoisotopic (exact) mass is 413 g/mol. The van der Waals surface area contributed by atoms with Gasteiger partial charge in [0, 0.05) is 24.5 Å². The number of methoxy groups -OCH3 is 1. The zero-order valence-electron chi connectivity index (χ0n) is 17.4. The van der Waals surface area contributed by atoms with Gasteiger partial charge in [0.05, 0.1) is 25.0 Å². The summed E-state index contributed by atoms with van der Waals surface area (Å²) in [6.45, 7) is 5.61. The van der Waals surface area contributed by atoms with Gasteiger partial charge < -0.3 is 24.4 Å². The van der Waals surface area contributed by atoms with E-state index in [0.717, 1.165) is 18.8 Å². The normalized spacial score (nSPS) is 18.4. The van der Waals surface area contributed by atoms with Crippen molar-refractivity contribution >= 4 is 29.1 Å². The third kappa shape index (κ3) is 5.87. The molecule has 0 aromatic heterocycles. The molecule has 2 atom stereocenters. The third-order valence-electron chi connectivity index (χ3n) is 4.60. The molecule has 30 heavy (non-hydrogen) atoms. The molecule has 0 aliphatic carbocycles. The number of para-hydroxylation sites is 2. The first kappa shape index (κ1) is 21.4. The fourth-order valence-corrected chi connectivity index (χ4v) is 3.34. The van der Waals surface area contributed by atoms with Crippen molar-refractivity contribution in [3.05, 3.63) is 48.5 Å². The topological polar surface area (TPSA) is 89.1 Å². The minimum absolute atomic E-state index is 0.182. The Morgan fingerprint density at radius 3 is 2.37 bits per heavy atom. The lowest BCUT2D eigenvalue weighted by Gasteiger charge is -2.36. The SMILES string of the molecule is COC(=O)Nc1ccccc1OCC(=O)Nc1ccc(N2C[C@@H](C)O[C@H](C)C2)cc1. The average molecular weight is 413 g/mol. The fourth-order valence-electron chi connectivity index (χ4n) is 3.34. The highest BCUT2D eigenvalue weighted by molar-refractivity contribution is 5.92. The molecule has 2 N–H and O–H groups in total. The number of nitrogens with one attached hydrogen (secondary N) is 2. The zero-order chi connectivity index (χ0) is 21.5. The molecule has 0 saturated carbocycles. The van der Waals surface area contributed by atoms with Crippen LogP contribution in [0.15, 0.2) is 48.5 Å². The highest BCUT2D eigenvalue weighted by atomic mass is 16.5. The van der Waals surface area contributed by atoms with Crippen molar-refractivity contribution in [1.29, 1.82) is 0 Å². The number of rotatable bonds is 6. The van der Waals surface area contributed by atoms with E-state index in [1.165, 1.54) is 7.11 Å². The predicted octanol–water partition coefficient (Wildman–Crippen LogP) is 3.50. The van der Waals surface area contributed by atoms with E-state index < -0.39 is 6.09 Å². The smallest absolute Gasteiger partial charge is 0.411 e. The number of carbonyl (C=O) groups is 2. The number of morpholine rings is 1. The first-order chi connectivity index (χ1) is 14.4. The van der Waals surface area contributed by atoms with Gasteiger partial charge in [-0.3, -0.25) is 10.1 Å². The second kappa shape index (κ2) is 9.98. The van der Waals surface area contributed by atoms with E-state index in [9.17, 15) is 9.59 Å². The van der Waals surface area contributed by atoms with Gasteiger partial charge in [0.25, 0.3) is 5.91 Å². The van der Waals surface area contributed by atoms with Crippen LogP contribution >= 0.6 is 0 Å². The number of hydrogen-bond donors (Lipinski definition) is 2. The summed E-state index contributed by atoms with van der Waals surface area (Å²) in [6.07, 6.45) is -0.247. The molecule has 2 amide bonds. The maximum atomic E-state index is 12.3. The molecule has 3 rings (SSSR count). The zero-order valence-corrected chi connectivity index (χ0v) is 17.4. The molecule has 0 radical (unpaired) electrons. The molecule has 2 aromatic rings. The first-order valence-corrected chi connectivity index (χ1v) is 9.81. The summed E-state index contributed by atoms with van der Waals surface area (Å²) in [7, 11) is 1.28. The van der Waals surface area contributed by atoms with Gasteiger partial charge in [-0.05, 0) is 50.2 Å². The number of hydrogen-bond acceptors (Lipinski definition) is 6. The Balaban J connectivity index is 1.54. The van der Waals surface area contributed by atoms with Gasteiger partial charge in [-0.1, -0.05) is 12.1 Å². The summed E-state index contributed by atoms with van der Waals surface area (Å²) >= 11 is 0. The van der Waals surface area contributed by atoms with E-state index in [2.05, 4.69) is 34.1 Å². The summed E-state index contributed by atoms with van der Waals surface area (Å²) in [5.41, 5.74) is 2.20. The molecular weight excluding hydrogens is 386 g/mol. The molecule has 1 heterocycles. The van der Waals surface area contributed by atoms with E-state index in [-0.39, 0.29) is 24.7 Å². The average Bonchev–Trinajstić information content (AvgIpc) is 2.73. The number of benzene rings is 2. The maximum Gasteiger partial charge on any atom is 0.411 e. The van der Waals surface area contributed by atoms with Gasteiger partial charge in [-0.15, -0.1) is 0 Å². The molecule has 160 valence electrons. The summed E-state index contributed by atoms with van der Waals surface area (Å²) in [6, 6.07) is 14.5. The van der Waals surface area contributed by atoms with Crippen molar-refractivity contribution < 1.29 is 23.8 Å². The van der Waals surface area contributed by atoms with Crippen LogP contribution in [-0.4, -0.2) is 51.0 Å². The van der Waals surface area contributed by atoms with Crippen molar-refractivity contribution in [2.24, 2.45) is 0 Å². The van der Waals surface area contributed by atoms with Crippen molar-refractivity contribution in [3.63, 3.8) is 0 Å². The molecule has 1 fully saturated rings. The Hall–Kier alpha value is -3.26. The van der Waals surface area contributed by atoms with Crippen LogP contribution in [0.4, 0.5) is 21.9 Å². The Bertz CT molecular complexity index is 861. The highest BCUT2D eigenvalue weighted by Gasteiger charge is 2.22. The van der Waals surface area contributed by atoms with Crippen LogP contribution in [0.1, 0.15) is 13.8 Å². The van der Waals surface area contributed by atoms with Gasteiger partial charge in [0.15, 0.2) is 6.61 Å². The standard InChI is InChI=1S/C22H27N3O5/c1-15-12-25(13-16(2)30-15)18-10-8-17(9-11-18)23-21(26)14-29-20-7-5-4-6-19(20)24-22(27)28-3/h4-11,15-16H,12-14H2,1-3H3,(H,23,26)(H,24,27)/t15-,16-/m1/s1. The second-order valence-corrected chi connectivity index (χ2v) is 7.16. The largest absolute Gasteiger partial charge is 0.482 e. The van der Waals surface area contributed by atoms with Gasteiger partial charge >= 0.3 is 6.09 Å². The lowest BCUT2D eigenvalue weighted by Crippen LogP contribution is -2.45. The Morgan fingerprint density at radius 2 is 1.70 bits per heavy atom. The van der Waals surface area contributed by atoms with Crippen LogP contribution < -0.4 is 20.3 Å².